The molecule has 2 aromatic carbocycles. The maximum Gasteiger partial charge on any atom is 0.256 e. The molecule has 0 atom stereocenters. The number of carbonyl (C=O) groups excluding carboxylic acids is 1. The Labute approximate surface area is 153 Å². The van der Waals surface area contributed by atoms with Gasteiger partial charge in [0.05, 0.1) is 11.3 Å². The summed E-state index contributed by atoms with van der Waals surface area (Å²) in [5.74, 6) is -0.280. The SMILES string of the molecule is CCS(=O)(=O)Nc1ccc(NC(=O)c2cc(Cl)ccc2I)cc1. The highest BCUT2D eigenvalue weighted by molar-refractivity contribution is 14.1. The number of amides is 1. The summed E-state index contributed by atoms with van der Waals surface area (Å²) in [5, 5.41) is 3.24. The molecular formula is C15H14ClIN2O3S. The number of rotatable bonds is 5. The summed E-state index contributed by atoms with van der Waals surface area (Å²) in [5.41, 5.74) is 1.49. The van der Waals surface area contributed by atoms with Crippen LogP contribution in [0, 0.1) is 3.57 Å². The van der Waals surface area contributed by atoms with Crippen LogP contribution in [0.25, 0.3) is 0 Å². The fraction of sp³-hybridized carbons (Fsp3) is 0.133. The van der Waals surface area contributed by atoms with Gasteiger partial charge in [0.2, 0.25) is 10.0 Å². The molecule has 0 aliphatic heterocycles. The number of halogens is 2. The highest BCUT2D eigenvalue weighted by atomic mass is 127. The van der Waals surface area contributed by atoms with E-state index in [-0.39, 0.29) is 11.7 Å². The first-order valence-corrected chi connectivity index (χ1v) is 9.78. The minimum atomic E-state index is -3.31. The van der Waals surface area contributed by atoms with Crippen molar-refractivity contribution in [2.75, 3.05) is 15.8 Å². The Hall–Kier alpha value is -1.32. The van der Waals surface area contributed by atoms with E-state index in [0.29, 0.717) is 22.0 Å². The lowest BCUT2D eigenvalue weighted by Crippen LogP contribution is -2.15. The number of nitrogens with one attached hydrogen (secondary N) is 2. The van der Waals surface area contributed by atoms with Crippen LogP contribution in [0.1, 0.15) is 17.3 Å². The molecule has 5 nitrogen and oxygen atoms in total. The van der Waals surface area contributed by atoms with E-state index in [1.165, 1.54) is 0 Å². The monoisotopic (exact) mass is 464 g/mol. The van der Waals surface area contributed by atoms with Gasteiger partial charge in [0.15, 0.2) is 0 Å². The van der Waals surface area contributed by atoms with Crippen LogP contribution in [-0.2, 0) is 10.0 Å². The van der Waals surface area contributed by atoms with Gasteiger partial charge < -0.3 is 5.32 Å². The lowest BCUT2D eigenvalue weighted by Gasteiger charge is -2.09. The van der Waals surface area contributed by atoms with Gasteiger partial charge in [-0.05, 0) is 72.0 Å². The second-order valence-electron chi connectivity index (χ2n) is 4.66. The topological polar surface area (TPSA) is 75.3 Å². The molecule has 0 unspecified atom stereocenters. The number of sulfonamides is 1. The summed E-state index contributed by atoms with van der Waals surface area (Å²) in [6.07, 6.45) is 0. The molecule has 122 valence electrons. The van der Waals surface area contributed by atoms with Crippen molar-refractivity contribution in [3.05, 3.63) is 56.6 Å². The van der Waals surface area contributed by atoms with Crippen LogP contribution in [0.15, 0.2) is 42.5 Å². The zero-order chi connectivity index (χ0) is 17.0. The molecule has 0 bridgehead atoms. The molecule has 1 amide bonds. The van der Waals surface area contributed by atoms with E-state index < -0.39 is 10.0 Å². The maximum absolute atomic E-state index is 12.3. The summed E-state index contributed by atoms with van der Waals surface area (Å²) >= 11 is 7.97. The molecule has 0 saturated heterocycles. The summed E-state index contributed by atoms with van der Waals surface area (Å²) in [6.45, 7) is 1.56. The second-order valence-corrected chi connectivity index (χ2v) is 8.27. The summed E-state index contributed by atoms with van der Waals surface area (Å²) in [7, 11) is -3.31. The molecule has 2 rings (SSSR count). The van der Waals surface area contributed by atoms with Gasteiger partial charge in [-0.25, -0.2) is 8.42 Å². The second kappa shape index (κ2) is 7.50. The van der Waals surface area contributed by atoms with E-state index in [0.717, 1.165) is 3.57 Å². The number of carbonyl (C=O) groups is 1. The lowest BCUT2D eigenvalue weighted by atomic mass is 10.2. The minimum Gasteiger partial charge on any atom is -0.322 e. The van der Waals surface area contributed by atoms with Crippen LogP contribution in [0.4, 0.5) is 11.4 Å². The predicted octanol–water partition coefficient (Wildman–Crippen LogP) is 3.96. The van der Waals surface area contributed by atoms with Crippen LogP contribution in [0.5, 0.6) is 0 Å². The van der Waals surface area contributed by atoms with Crippen LogP contribution in [0.3, 0.4) is 0 Å². The molecule has 0 saturated carbocycles. The van der Waals surface area contributed by atoms with Crippen molar-refractivity contribution in [3.8, 4) is 0 Å². The third-order valence-electron chi connectivity index (χ3n) is 2.97. The molecule has 0 aliphatic carbocycles. The number of benzene rings is 2. The van der Waals surface area contributed by atoms with Gasteiger partial charge >= 0.3 is 0 Å². The average Bonchev–Trinajstić information content (AvgIpc) is 2.51. The zero-order valence-corrected chi connectivity index (χ0v) is 15.9. The van der Waals surface area contributed by atoms with E-state index in [1.807, 2.05) is 0 Å². The van der Waals surface area contributed by atoms with E-state index in [4.69, 9.17) is 11.6 Å². The Bertz CT molecular complexity index is 823. The van der Waals surface area contributed by atoms with Crippen molar-refractivity contribution in [3.63, 3.8) is 0 Å². The van der Waals surface area contributed by atoms with Crippen molar-refractivity contribution in [1.82, 2.24) is 0 Å². The number of hydrogen-bond acceptors (Lipinski definition) is 3. The third-order valence-corrected chi connectivity index (χ3v) is 5.45. The molecule has 23 heavy (non-hydrogen) atoms. The van der Waals surface area contributed by atoms with Gasteiger partial charge in [0.25, 0.3) is 5.91 Å². The van der Waals surface area contributed by atoms with E-state index >= 15 is 0 Å². The quantitative estimate of drug-likeness (QED) is 0.658. The van der Waals surface area contributed by atoms with Crippen molar-refractivity contribution >= 4 is 61.5 Å². The Morgan fingerprint density at radius 3 is 2.35 bits per heavy atom. The first kappa shape index (κ1) is 18.0. The molecule has 0 radical (unpaired) electrons. The summed E-state index contributed by atoms with van der Waals surface area (Å²) in [4.78, 5) is 12.3. The highest BCUT2D eigenvalue weighted by Gasteiger charge is 2.11. The normalized spacial score (nSPS) is 11.1. The minimum absolute atomic E-state index is 0.00130. The smallest absolute Gasteiger partial charge is 0.256 e. The molecule has 2 N–H and O–H groups in total. The van der Waals surface area contributed by atoms with E-state index in [1.54, 1.807) is 49.4 Å². The van der Waals surface area contributed by atoms with E-state index in [9.17, 15) is 13.2 Å². The van der Waals surface area contributed by atoms with Crippen molar-refractivity contribution in [2.24, 2.45) is 0 Å². The van der Waals surface area contributed by atoms with E-state index in [2.05, 4.69) is 32.6 Å². The van der Waals surface area contributed by atoms with Crippen LogP contribution in [0.2, 0.25) is 5.02 Å². The third kappa shape index (κ3) is 5.08. The van der Waals surface area contributed by atoms with Crippen molar-refractivity contribution < 1.29 is 13.2 Å². The van der Waals surface area contributed by atoms with Gasteiger partial charge in [0, 0.05) is 20.0 Å². The van der Waals surface area contributed by atoms with Crippen LogP contribution < -0.4 is 10.0 Å². The highest BCUT2D eigenvalue weighted by Crippen LogP contribution is 2.20. The van der Waals surface area contributed by atoms with Crippen molar-refractivity contribution in [1.29, 1.82) is 0 Å². The van der Waals surface area contributed by atoms with Crippen molar-refractivity contribution in [2.45, 2.75) is 6.92 Å². The van der Waals surface area contributed by atoms with Gasteiger partial charge in [-0.3, -0.25) is 9.52 Å². The first-order chi connectivity index (χ1) is 10.8. The van der Waals surface area contributed by atoms with Gasteiger partial charge in [-0.1, -0.05) is 11.6 Å². The molecule has 2 aromatic rings. The Morgan fingerprint density at radius 2 is 1.74 bits per heavy atom. The Balaban J connectivity index is 2.12. The Kier molecular flexibility index (Phi) is 5.88. The molecule has 8 heteroatoms. The standard InChI is InChI=1S/C15H14ClIN2O3S/c1-2-23(21,22)19-12-6-4-11(5-7-12)18-15(20)13-9-10(16)3-8-14(13)17/h3-9,19H,2H2,1H3,(H,18,20). The van der Waals surface area contributed by atoms with Gasteiger partial charge in [-0.15, -0.1) is 0 Å². The zero-order valence-electron chi connectivity index (χ0n) is 12.1. The molecule has 0 aliphatic rings. The van der Waals surface area contributed by atoms with Crippen LogP contribution >= 0.6 is 34.2 Å². The maximum atomic E-state index is 12.3. The van der Waals surface area contributed by atoms with Crippen LogP contribution in [-0.4, -0.2) is 20.1 Å². The Morgan fingerprint density at radius 1 is 1.13 bits per heavy atom. The van der Waals surface area contributed by atoms with Gasteiger partial charge in [-0.2, -0.15) is 0 Å². The predicted molar refractivity (Wildman–Crippen MR) is 102 cm³/mol. The molecule has 0 fully saturated rings. The summed E-state index contributed by atoms with van der Waals surface area (Å²) in [6, 6.07) is 11.5. The summed E-state index contributed by atoms with van der Waals surface area (Å²) < 4.78 is 26.2. The molecule has 0 aromatic heterocycles. The average molecular weight is 465 g/mol. The molecule has 0 heterocycles. The fourth-order valence-electron chi connectivity index (χ4n) is 1.74. The number of hydrogen-bond donors (Lipinski definition) is 2. The lowest BCUT2D eigenvalue weighted by molar-refractivity contribution is 0.102. The molecule has 0 spiro atoms. The van der Waals surface area contributed by atoms with Gasteiger partial charge in [0.1, 0.15) is 0 Å². The fourth-order valence-corrected chi connectivity index (χ4v) is 3.14. The molecular weight excluding hydrogens is 451 g/mol. The number of anilines is 2. The largest absolute Gasteiger partial charge is 0.322 e. The first-order valence-electron chi connectivity index (χ1n) is 6.67.